The molecule has 1 atom stereocenters. The van der Waals surface area contributed by atoms with E-state index < -0.39 is 15.8 Å². The second-order valence-corrected chi connectivity index (χ2v) is 7.52. The summed E-state index contributed by atoms with van der Waals surface area (Å²) in [7, 11) is -2.33. The highest BCUT2D eigenvalue weighted by atomic mass is 32.2. The van der Waals surface area contributed by atoms with Gasteiger partial charge in [0.2, 0.25) is 10.0 Å². The van der Waals surface area contributed by atoms with Crippen LogP contribution in [0.5, 0.6) is 0 Å². The summed E-state index contributed by atoms with van der Waals surface area (Å²) in [5, 5.41) is 3.10. The minimum atomic E-state index is -3.83. The molecule has 21 heavy (non-hydrogen) atoms. The lowest BCUT2D eigenvalue weighted by Crippen LogP contribution is -2.38. The highest BCUT2D eigenvalue weighted by Gasteiger charge is 2.29. The van der Waals surface area contributed by atoms with Gasteiger partial charge in [0.1, 0.15) is 10.7 Å². The zero-order valence-corrected chi connectivity index (χ0v) is 14.2. The third-order valence-electron chi connectivity index (χ3n) is 3.77. The smallest absolute Gasteiger partial charge is 0.245 e. The van der Waals surface area contributed by atoms with E-state index in [-0.39, 0.29) is 16.9 Å². The van der Waals surface area contributed by atoms with Crippen LogP contribution in [0.2, 0.25) is 0 Å². The molecule has 1 unspecified atom stereocenters. The number of halogens is 1. The van der Waals surface area contributed by atoms with Crippen LogP contribution in [-0.4, -0.2) is 32.4 Å². The van der Waals surface area contributed by atoms with E-state index in [0.29, 0.717) is 6.54 Å². The van der Waals surface area contributed by atoms with Crippen molar-refractivity contribution in [2.45, 2.75) is 45.2 Å². The molecule has 0 aliphatic heterocycles. The Hall–Kier alpha value is -0.980. The Balaban J connectivity index is 3.18. The third-order valence-corrected chi connectivity index (χ3v) is 5.73. The molecule has 0 radical (unpaired) electrons. The van der Waals surface area contributed by atoms with Crippen LogP contribution in [0.15, 0.2) is 23.1 Å². The zero-order valence-electron chi connectivity index (χ0n) is 13.4. The summed E-state index contributed by atoms with van der Waals surface area (Å²) in [5.41, 5.74) is 0.752. The minimum Gasteiger partial charge on any atom is -0.313 e. The molecule has 0 aliphatic carbocycles. The monoisotopic (exact) mass is 316 g/mol. The second-order valence-electron chi connectivity index (χ2n) is 5.55. The Bertz CT molecular complexity index is 573. The van der Waals surface area contributed by atoms with Gasteiger partial charge in [-0.25, -0.2) is 12.8 Å². The van der Waals surface area contributed by atoms with Gasteiger partial charge < -0.3 is 5.32 Å². The summed E-state index contributed by atoms with van der Waals surface area (Å²) in [6.07, 6.45) is 0. The van der Waals surface area contributed by atoms with Crippen molar-refractivity contribution in [1.82, 2.24) is 9.62 Å². The van der Waals surface area contributed by atoms with Gasteiger partial charge in [-0.3, -0.25) is 0 Å². The van der Waals surface area contributed by atoms with Crippen LogP contribution in [0, 0.1) is 11.7 Å². The molecule has 1 aromatic rings. The maximum absolute atomic E-state index is 14.0. The molecule has 1 aromatic carbocycles. The largest absolute Gasteiger partial charge is 0.313 e. The summed E-state index contributed by atoms with van der Waals surface area (Å²) in [6, 6.07) is 4.03. The summed E-state index contributed by atoms with van der Waals surface area (Å²) in [6.45, 7) is 8.94. The van der Waals surface area contributed by atoms with Crippen LogP contribution in [0.4, 0.5) is 4.39 Å². The van der Waals surface area contributed by atoms with Gasteiger partial charge in [-0.2, -0.15) is 4.31 Å². The lowest BCUT2D eigenvalue weighted by atomic mass is 10.1. The third kappa shape index (κ3) is 4.25. The van der Waals surface area contributed by atoms with Gasteiger partial charge in [-0.05, 0) is 37.1 Å². The molecule has 0 bridgehead atoms. The lowest BCUT2D eigenvalue weighted by Gasteiger charge is -2.27. The van der Waals surface area contributed by atoms with E-state index >= 15 is 0 Å². The summed E-state index contributed by atoms with van der Waals surface area (Å²) in [4.78, 5) is -0.257. The number of hydrogen-bond donors (Lipinski definition) is 1. The number of nitrogens with zero attached hydrogens (tertiary/aromatic N) is 1. The zero-order chi connectivity index (χ0) is 16.2. The molecule has 6 heteroatoms. The van der Waals surface area contributed by atoms with E-state index in [1.807, 2.05) is 27.7 Å². The quantitative estimate of drug-likeness (QED) is 0.841. The van der Waals surface area contributed by atoms with Crippen LogP contribution < -0.4 is 5.32 Å². The predicted octanol–water partition coefficient (Wildman–Crippen LogP) is 2.60. The van der Waals surface area contributed by atoms with Crippen molar-refractivity contribution in [3.05, 3.63) is 29.6 Å². The second kappa shape index (κ2) is 7.33. The maximum Gasteiger partial charge on any atom is 0.245 e. The van der Waals surface area contributed by atoms with E-state index in [1.165, 1.54) is 23.5 Å². The topological polar surface area (TPSA) is 49.4 Å². The van der Waals surface area contributed by atoms with Gasteiger partial charge in [0.15, 0.2) is 0 Å². The molecular formula is C15H25FN2O2S. The molecule has 1 rings (SSSR count). The normalized spacial score (nSPS) is 13.9. The van der Waals surface area contributed by atoms with Gasteiger partial charge >= 0.3 is 0 Å². The van der Waals surface area contributed by atoms with Gasteiger partial charge in [0.25, 0.3) is 0 Å². The van der Waals surface area contributed by atoms with Crippen LogP contribution in [0.3, 0.4) is 0 Å². The fraction of sp³-hybridized carbons (Fsp3) is 0.600. The molecule has 0 spiro atoms. The lowest BCUT2D eigenvalue weighted by molar-refractivity contribution is 0.314. The number of sulfonamides is 1. The average Bonchev–Trinajstić information content (AvgIpc) is 2.44. The van der Waals surface area contributed by atoms with Gasteiger partial charge in [-0.1, -0.05) is 26.8 Å². The Kier molecular flexibility index (Phi) is 6.31. The van der Waals surface area contributed by atoms with E-state index in [2.05, 4.69) is 5.32 Å². The summed E-state index contributed by atoms with van der Waals surface area (Å²) >= 11 is 0. The maximum atomic E-state index is 14.0. The van der Waals surface area contributed by atoms with Crippen LogP contribution in [0.1, 0.15) is 33.3 Å². The Morgan fingerprint density at radius 1 is 1.29 bits per heavy atom. The van der Waals surface area contributed by atoms with Crippen molar-refractivity contribution in [3.63, 3.8) is 0 Å². The number of rotatable bonds is 7. The first-order valence-corrected chi connectivity index (χ1v) is 8.63. The molecule has 0 fully saturated rings. The average molecular weight is 316 g/mol. The van der Waals surface area contributed by atoms with Gasteiger partial charge in [0.05, 0.1) is 0 Å². The summed E-state index contributed by atoms with van der Waals surface area (Å²) < 4.78 is 40.4. The Morgan fingerprint density at radius 3 is 2.43 bits per heavy atom. The molecule has 4 nitrogen and oxygen atoms in total. The van der Waals surface area contributed by atoms with E-state index in [1.54, 1.807) is 6.07 Å². The first-order chi connectivity index (χ1) is 9.71. The molecule has 0 saturated carbocycles. The van der Waals surface area contributed by atoms with E-state index in [0.717, 1.165) is 12.1 Å². The highest BCUT2D eigenvalue weighted by molar-refractivity contribution is 7.89. The first kappa shape index (κ1) is 18.1. The Morgan fingerprint density at radius 2 is 1.90 bits per heavy atom. The SMILES string of the molecule is CCNCc1ccc(F)c(S(=O)(=O)N(C)C(C)C(C)C)c1. The summed E-state index contributed by atoms with van der Waals surface area (Å²) in [5.74, 6) is -0.559. The molecule has 1 N–H and O–H groups in total. The fourth-order valence-electron chi connectivity index (χ4n) is 1.92. The fourth-order valence-corrected chi connectivity index (χ4v) is 3.52. The molecule has 0 aromatic heterocycles. The molecule has 0 amide bonds. The molecule has 0 aliphatic rings. The standard InChI is InChI=1S/C15H25FN2O2S/c1-6-17-10-13-7-8-14(16)15(9-13)21(19,20)18(5)12(4)11(2)3/h7-9,11-12,17H,6,10H2,1-5H3. The van der Waals surface area contributed by atoms with Gasteiger partial charge in [-0.15, -0.1) is 0 Å². The van der Waals surface area contributed by atoms with Crippen LogP contribution >= 0.6 is 0 Å². The van der Waals surface area contributed by atoms with E-state index in [9.17, 15) is 12.8 Å². The molecule has 120 valence electrons. The van der Waals surface area contributed by atoms with Crippen LogP contribution in [0.25, 0.3) is 0 Å². The van der Waals surface area contributed by atoms with E-state index in [4.69, 9.17) is 0 Å². The van der Waals surface area contributed by atoms with Gasteiger partial charge in [0, 0.05) is 19.6 Å². The van der Waals surface area contributed by atoms with Crippen molar-refractivity contribution in [3.8, 4) is 0 Å². The number of hydrogen-bond acceptors (Lipinski definition) is 3. The van der Waals surface area contributed by atoms with Crippen molar-refractivity contribution < 1.29 is 12.8 Å². The van der Waals surface area contributed by atoms with Crippen molar-refractivity contribution >= 4 is 10.0 Å². The first-order valence-electron chi connectivity index (χ1n) is 7.19. The van der Waals surface area contributed by atoms with Crippen molar-refractivity contribution in [1.29, 1.82) is 0 Å². The Labute approximate surface area is 127 Å². The minimum absolute atomic E-state index is 0.151. The van der Waals surface area contributed by atoms with Crippen molar-refractivity contribution in [2.24, 2.45) is 5.92 Å². The highest BCUT2D eigenvalue weighted by Crippen LogP contribution is 2.23. The molecule has 0 saturated heterocycles. The van der Waals surface area contributed by atoms with Crippen molar-refractivity contribution in [2.75, 3.05) is 13.6 Å². The number of benzene rings is 1. The predicted molar refractivity (Wildman–Crippen MR) is 83.0 cm³/mol. The molecule has 0 heterocycles. The number of nitrogens with one attached hydrogen (secondary N) is 1. The molecular weight excluding hydrogens is 291 g/mol. The van der Waals surface area contributed by atoms with Crippen LogP contribution in [-0.2, 0) is 16.6 Å².